The van der Waals surface area contributed by atoms with Crippen molar-refractivity contribution in [2.45, 2.75) is 0 Å². The van der Waals surface area contributed by atoms with E-state index in [-0.39, 0.29) is 17.5 Å². The number of benzene rings is 1. The molecule has 0 aliphatic carbocycles. The van der Waals surface area contributed by atoms with Crippen molar-refractivity contribution in [2.24, 2.45) is 0 Å². The van der Waals surface area contributed by atoms with Crippen molar-refractivity contribution >= 4 is 29.7 Å². The second-order valence-corrected chi connectivity index (χ2v) is 4.21. The Morgan fingerprint density at radius 2 is 1.90 bits per heavy atom. The van der Waals surface area contributed by atoms with Crippen molar-refractivity contribution in [1.29, 1.82) is 0 Å². The van der Waals surface area contributed by atoms with Crippen LogP contribution in [0.2, 0.25) is 0 Å². The molecule has 0 saturated carbocycles. The molecule has 21 heavy (non-hydrogen) atoms. The number of hydrogen-bond acceptors (Lipinski definition) is 4. The summed E-state index contributed by atoms with van der Waals surface area (Å²) in [5, 5.41) is 0. The van der Waals surface area contributed by atoms with Gasteiger partial charge >= 0.3 is 0 Å². The van der Waals surface area contributed by atoms with Gasteiger partial charge in [-0.3, -0.25) is 14.6 Å². The van der Waals surface area contributed by atoms with Crippen LogP contribution < -0.4 is 9.95 Å². The van der Waals surface area contributed by atoms with Crippen LogP contribution in [0.5, 0.6) is 0 Å². The lowest BCUT2D eigenvalue weighted by Gasteiger charge is -2.18. The zero-order chi connectivity index (χ0) is 15.4. The summed E-state index contributed by atoms with van der Waals surface area (Å²) in [7, 11) is 0. The summed E-state index contributed by atoms with van der Waals surface area (Å²) in [5.41, 5.74) is 1.30. The molecule has 0 radical (unpaired) electrons. The van der Waals surface area contributed by atoms with Gasteiger partial charge in [0.1, 0.15) is 11.5 Å². The van der Waals surface area contributed by atoms with E-state index in [1.165, 1.54) is 24.5 Å². The first-order valence-electron chi connectivity index (χ1n) is 5.64. The number of carbonyl (C=O) groups is 2. The molecule has 0 unspecified atom stereocenters. The van der Waals surface area contributed by atoms with Gasteiger partial charge in [-0.1, -0.05) is 0 Å². The summed E-state index contributed by atoms with van der Waals surface area (Å²) in [6, 6.07) is 4.73. The Hall–Kier alpha value is -2.54. The molecular weight excluding hydrogens is 304 g/mol. The van der Waals surface area contributed by atoms with Crippen molar-refractivity contribution in [3.8, 4) is 0 Å². The fourth-order valence-corrected chi connectivity index (χ4v) is 1.74. The lowest BCUT2D eigenvalue weighted by atomic mass is 10.2. The van der Waals surface area contributed by atoms with Gasteiger partial charge in [0.25, 0.3) is 5.91 Å². The molecule has 1 heterocycles. The summed E-state index contributed by atoms with van der Waals surface area (Å²) in [5.74, 6) is -2.81. The lowest BCUT2D eigenvalue weighted by Crippen LogP contribution is -2.36. The van der Waals surface area contributed by atoms with E-state index in [9.17, 15) is 18.4 Å². The molecular formula is C13H8ClF2N3O2. The normalized spacial score (nSPS) is 10.0. The molecule has 0 bridgehead atoms. The highest BCUT2D eigenvalue weighted by molar-refractivity contribution is 6.26. The average Bonchev–Trinajstić information content (AvgIpc) is 2.48. The number of halogens is 3. The van der Waals surface area contributed by atoms with Crippen LogP contribution in [0.3, 0.4) is 0 Å². The Balaban J connectivity index is 2.23. The van der Waals surface area contributed by atoms with Gasteiger partial charge < -0.3 is 0 Å². The standard InChI is InChI=1S/C13H8ClF2N3O2/c14-19(18-13(21)8-3-5-17-6-4-8)11-2-1-10(15)9(7-20)12(11)16/h1-7H,(H,18,21). The smallest absolute Gasteiger partial charge is 0.271 e. The van der Waals surface area contributed by atoms with Crippen LogP contribution in [0, 0.1) is 11.6 Å². The molecule has 1 amide bonds. The number of carbonyl (C=O) groups excluding carboxylic acids is 2. The molecule has 0 fully saturated rings. The van der Waals surface area contributed by atoms with Gasteiger partial charge in [0.15, 0.2) is 12.1 Å². The minimum absolute atomic E-state index is 0.0313. The summed E-state index contributed by atoms with van der Waals surface area (Å²) >= 11 is 5.74. The quantitative estimate of drug-likeness (QED) is 0.535. The first-order chi connectivity index (χ1) is 10.0. The summed E-state index contributed by atoms with van der Waals surface area (Å²) < 4.78 is 27.6. The number of amides is 1. The average molecular weight is 312 g/mol. The minimum Gasteiger partial charge on any atom is -0.298 e. The van der Waals surface area contributed by atoms with Crippen molar-refractivity contribution in [1.82, 2.24) is 10.4 Å². The second kappa shape index (κ2) is 6.27. The molecule has 8 heteroatoms. The predicted molar refractivity (Wildman–Crippen MR) is 71.8 cm³/mol. The van der Waals surface area contributed by atoms with Crippen molar-refractivity contribution in [3.05, 3.63) is 59.4 Å². The number of aromatic nitrogens is 1. The van der Waals surface area contributed by atoms with Crippen molar-refractivity contribution in [3.63, 3.8) is 0 Å². The molecule has 2 aromatic rings. The number of hydrogen-bond donors (Lipinski definition) is 1. The zero-order valence-electron chi connectivity index (χ0n) is 10.4. The van der Waals surface area contributed by atoms with E-state index < -0.39 is 23.1 Å². The first kappa shape index (κ1) is 14.9. The Morgan fingerprint density at radius 1 is 1.24 bits per heavy atom. The maximum Gasteiger partial charge on any atom is 0.271 e. The highest BCUT2D eigenvalue weighted by Crippen LogP contribution is 2.24. The summed E-state index contributed by atoms with van der Waals surface area (Å²) in [6.07, 6.45) is 2.83. The lowest BCUT2D eigenvalue weighted by molar-refractivity contribution is 0.0956. The highest BCUT2D eigenvalue weighted by Gasteiger charge is 2.19. The van der Waals surface area contributed by atoms with E-state index in [2.05, 4.69) is 10.4 Å². The number of nitrogens with zero attached hydrogens (tertiary/aromatic N) is 2. The molecule has 0 aliphatic rings. The molecule has 108 valence electrons. The van der Waals surface area contributed by atoms with E-state index in [4.69, 9.17) is 11.8 Å². The van der Waals surface area contributed by atoms with Crippen LogP contribution in [0.4, 0.5) is 14.5 Å². The molecule has 1 aromatic heterocycles. The van der Waals surface area contributed by atoms with Crippen LogP contribution in [0.25, 0.3) is 0 Å². The van der Waals surface area contributed by atoms with Gasteiger partial charge in [-0.25, -0.2) is 14.2 Å². The Morgan fingerprint density at radius 3 is 2.52 bits per heavy atom. The van der Waals surface area contributed by atoms with Gasteiger partial charge in [-0.05, 0) is 24.3 Å². The van der Waals surface area contributed by atoms with Crippen molar-refractivity contribution in [2.75, 3.05) is 4.53 Å². The van der Waals surface area contributed by atoms with Gasteiger partial charge in [0, 0.05) is 29.7 Å². The number of rotatable bonds is 4. The molecule has 0 saturated heterocycles. The predicted octanol–water partition coefficient (Wildman–Crippen LogP) is 2.48. The van der Waals surface area contributed by atoms with Crippen LogP contribution in [-0.4, -0.2) is 17.2 Å². The maximum absolute atomic E-state index is 13.9. The van der Waals surface area contributed by atoms with Crippen LogP contribution in [0.1, 0.15) is 20.7 Å². The molecule has 2 rings (SSSR count). The second-order valence-electron chi connectivity index (χ2n) is 3.87. The third-order valence-corrected chi connectivity index (χ3v) is 2.84. The fourth-order valence-electron chi connectivity index (χ4n) is 1.53. The summed E-state index contributed by atoms with van der Waals surface area (Å²) in [6.45, 7) is 0. The topological polar surface area (TPSA) is 62.3 Å². The largest absolute Gasteiger partial charge is 0.298 e. The Bertz CT molecular complexity index is 683. The van der Waals surface area contributed by atoms with E-state index in [1.54, 1.807) is 0 Å². The maximum atomic E-state index is 13.9. The van der Waals surface area contributed by atoms with Crippen LogP contribution >= 0.6 is 11.8 Å². The number of pyridine rings is 1. The SMILES string of the molecule is O=Cc1c(F)ccc(N(Cl)NC(=O)c2ccncc2)c1F. The molecule has 0 atom stereocenters. The molecule has 0 spiro atoms. The third kappa shape index (κ3) is 3.14. The molecule has 1 aromatic carbocycles. The molecule has 0 aliphatic heterocycles. The Kier molecular flexibility index (Phi) is 4.44. The third-order valence-electron chi connectivity index (χ3n) is 2.58. The molecule has 5 nitrogen and oxygen atoms in total. The van der Waals surface area contributed by atoms with Crippen molar-refractivity contribution < 1.29 is 18.4 Å². The van der Waals surface area contributed by atoms with Gasteiger partial charge in [-0.15, -0.1) is 0 Å². The zero-order valence-corrected chi connectivity index (χ0v) is 11.1. The van der Waals surface area contributed by atoms with E-state index in [0.717, 1.165) is 12.1 Å². The van der Waals surface area contributed by atoms with Gasteiger partial charge in [0.05, 0.1) is 5.56 Å². The van der Waals surface area contributed by atoms with Crippen LogP contribution in [-0.2, 0) is 0 Å². The van der Waals surface area contributed by atoms with Gasteiger partial charge in [0.2, 0.25) is 0 Å². The van der Waals surface area contributed by atoms with E-state index in [1.807, 2.05) is 0 Å². The van der Waals surface area contributed by atoms with Crippen LogP contribution in [0.15, 0.2) is 36.7 Å². The molecule has 1 N–H and O–H groups in total. The number of nitrogens with one attached hydrogen (secondary N) is 1. The summed E-state index contributed by atoms with van der Waals surface area (Å²) in [4.78, 5) is 26.2. The first-order valence-corrected chi connectivity index (χ1v) is 5.98. The fraction of sp³-hybridized carbons (Fsp3) is 0. The minimum atomic E-state index is -1.17. The monoisotopic (exact) mass is 311 g/mol. The number of aldehydes is 1. The van der Waals surface area contributed by atoms with Gasteiger partial charge in [-0.2, -0.15) is 4.53 Å². The highest BCUT2D eigenvalue weighted by atomic mass is 35.5. The van der Waals surface area contributed by atoms with E-state index >= 15 is 0 Å². The Labute approximate surface area is 123 Å². The number of hydrazine groups is 1. The van der Waals surface area contributed by atoms with E-state index in [0.29, 0.717) is 4.53 Å². The number of anilines is 1.